The van der Waals surface area contributed by atoms with E-state index in [-0.39, 0.29) is 18.6 Å². The summed E-state index contributed by atoms with van der Waals surface area (Å²) in [4.78, 5) is 30.0. The summed E-state index contributed by atoms with van der Waals surface area (Å²) in [5.74, 6) is -0.736. The minimum Gasteiger partial charge on any atom is -0.458 e. The second kappa shape index (κ2) is 5.99. The molecule has 0 bridgehead atoms. The Labute approximate surface area is 164 Å². The van der Waals surface area contributed by atoms with E-state index in [0.29, 0.717) is 29.1 Å². The maximum atomic E-state index is 13.1. The first-order valence-electron chi connectivity index (χ1n) is 9.24. The van der Waals surface area contributed by atoms with Crippen LogP contribution >= 0.6 is 0 Å². The molecule has 8 heteroatoms. The lowest BCUT2D eigenvalue weighted by Crippen LogP contribution is -2.44. The number of rotatable bonds is 2. The number of benzene rings is 1. The van der Waals surface area contributed by atoms with Crippen molar-refractivity contribution in [3.8, 4) is 11.4 Å². The molecule has 8 nitrogen and oxygen atoms in total. The van der Waals surface area contributed by atoms with Crippen molar-refractivity contribution >= 4 is 23.1 Å². The zero-order chi connectivity index (χ0) is 20.3. The maximum absolute atomic E-state index is 13.1. The molecule has 1 atom stereocenters. The topological polar surface area (TPSA) is 114 Å². The van der Waals surface area contributed by atoms with Gasteiger partial charge in [-0.1, -0.05) is 18.1 Å². The van der Waals surface area contributed by atoms with Crippen molar-refractivity contribution in [2.24, 2.45) is 5.16 Å². The van der Waals surface area contributed by atoms with Crippen LogP contribution in [-0.2, 0) is 28.3 Å². The predicted molar refractivity (Wildman–Crippen MR) is 104 cm³/mol. The van der Waals surface area contributed by atoms with Crippen LogP contribution in [-0.4, -0.2) is 32.0 Å². The maximum Gasteiger partial charge on any atom is 0.343 e. The van der Waals surface area contributed by atoms with Crippen LogP contribution in [0.2, 0.25) is 0 Å². The number of pyridine rings is 2. The fraction of sp³-hybridized carbons (Fsp3) is 0.238. The number of oxime groups is 1. The third-order valence-electron chi connectivity index (χ3n) is 5.74. The highest BCUT2D eigenvalue weighted by molar-refractivity contribution is 5.91. The van der Waals surface area contributed by atoms with Gasteiger partial charge in [0.05, 0.1) is 35.2 Å². The van der Waals surface area contributed by atoms with Gasteiger partial charge in [-0.15, -0.1) is 0 Å². The highest BCUT2D eigenvalue weighted by Crippen LogP contribution is 2.38. The van der Waals surface area contributed by atoms with Crippen molar-refractivity contribution in [1.82, 2.24) is 9.55 Å². The zero-order valence-electron chi connectivity index (χ0n) is 15.5. The Morgan fingerprint density at radius 2 is 2.14 bits per heavy atom. The smallest absolute Gasteiger partial charge is 0.343 e. The molecule has 2 aliphatic rings. The molecule has 0 saturated heterocycles. The van der Waals surface area contributed by atoms with Gasteiger partial charge in [-0.2, -0.15) is 0 Å². The summed E-state index contributed by atoms with van der Waals surface area (Å²) in [6, 6.07) is 9.08. The molecule has 0 amide bonds. The average molecular weight is 391 g/mol. The Kier molecular flexibility index (Phi) is 3.63. The van der Waals surface area contributed by atoms with Crippen LogP contribution in [0.1, 0.15) is 35.6 Å². The Hall–Kier alpha value is -3.52. The van der Waals surface area contributed by atoms with Gasteiger partial charge in [0.25, 0.3) is 5.56 Å². The molecule has 1 aromatic carbocycles. The molecule has 146 valence electrons. The van der Waals surface area contributed by atoms with Crippen molar-refractivity contribution in [2.75, 3.05) is 0 Å². The van der Waals surface area contributed by atoms with Crippen molar-refractivity contribution in [3.63, 3.8) is 0 Å². The van der Waals surface area contributed by atoms with Crippen molar-refractivity contribution in [3.05, 3.63) is 62.9 Å². The molecule has 0 radical (unpaired) electrons. The lowest BCUT2D eigenvalue weighted by molar-refractivity contribution is -0.172. The van der Waals surface area contributed by atoms with E-state index in [1.807, 2.05) is 18.2 Å². The lowest BCUT2D eigenvalue weighted by atomic mass is 9.86. The number of fused-ring (bicyclic) bond motifs is 5. The van der Waals surface area contributed by atoms with Crippen LogP contribution in [0, 0.1) is 0 Å². The minimum absolute atomic E-state index is 0.106. The number of esters is 1. The average Bonchev–Trinajstić information content (AvgIpc) is 3.07. The molecule has 5 rings (SSSR count). The van der Waals surface area contributed by atoms with E-state index in [9.17, 15) is 14.7 Å². The van der Waals surface area contributed by atoms with Crippen LogP contribution in [0.3, 0.4) is 0 Å². The number of cyclic esters (lactones) is 1. The molecule has 2 aliphatic heterocycles. The molecule has 2 N–H and O–H groups in total. The number of hydrogen-bond donors (Lipinski definition) is 2. The molecule has 0 unspecified atom stereocenters. The van der Waals surface area contributed by atoms with Gasteiger partial charge in [0, 0.05) is 16.5 Å². The first-order chi connectivity index (χ1) is 14.0. The third kappa shape index (κ3) is 2.35. The number of nitrogens with zero attached hydrogens (tertiary/aromatic N) is 3. The van der Waals surface area contributed by atoms with Gasteiger partial charge in [-0.25, -0.2) is 9.78 Å². The number of carbonyl (C=O) groups excluding carboxylic acids is 1. The van der Waals surface area contributed by atoms with Crippen LogP contribution in [0.4, 0.5) is 0 Å². The Morgan fingerprint density at radius 1 is 1.31 bits per heavy atom. The monoisotopic (exact) mass is 391 g/mol. The van der Waals surface area contributed by atoms with Gasteiger partial charge >= 0.3 is 5.97 Å². The summed E-state index contributed by atoms with van der Waals surface area (Å²) >= 11 is 0. The van der Waals surface area contributed by atoms with Gasteiger partial charge in [-0.3, -0.25) is 4.79 Å². The number of carbonyl (C=O) groups is 1. The van der Waals surface area contributed by atoms with E-state index >= 15 is 0 Å². The van der Waals surface area contributed by atoms with Crippen molar-refractivity contribution in [1.29, 1.82) is 0 Å². The molecule has 0 fully saturated rings. The molecule has 2 aromatic heterocycles. The summed E-state index contributed by atoms with van der Waals surface area (Å²) < 4.78 is 6.67. The van der Waals surface area contributed by atoms with Gasteiger partial charge in [0.2, 0.25) is 0 Å². The number of hydrogen-bond acceptors (Lipinski definition) is 7. The molecule has 3 aromatic rings. The highest BCUT2D eigenvalue weighted by atomic mass is 16.6. The third-order valence-corrected chi connectivity index (χ3v) is 5.74. The van der Waals surface area contributed by atoms with Crippen LogP contribution in [0.5, 0.6) is 0 Å². The van der Waals surface area contributed by atoms with Crippen LogP contribution < -0.4 is 5.56 Å². The lowest BCUT2D eigenvalue weighted by Gasteiger charge is -2.31. The van der Waals surface area contributed by atoms with E-state index in [1.54, 1.807) is 23.6 Å². The number of aromatic nitrogens is 2. The van der Waals surface area contributed by atoms with Crippen LogP contribution in [0.15, 0.2) is 40.3 Å². The molecule has 0 aliphatic carbocycles. The summed E-state index contributed by atoms with van der Waals surface area (Å²) in [5, 5.41) is 23.5. The first kappa shape index (κ1) is 17.6. The standard InChI is InChI=1S/C21H17N3O5/c1-2-21(27)15-7-17-18-13(9-24(17)19(25)14(15)10-29-20(21)26)6-12-5-11(8-22-28)3-4-16(12)23-18/h3-8,27-28H,2,9-10H2,1H3/t21-/m0/s1. The van der Waals surface area contributed by atoms with Gasteiger partial charge in [-0.05, 0) is 36.2 Å². The second-order valence-electron chi connectivity index (χ2n) is 7.30. The van der Waals surface area contributed by atoms with E-state index in [2.05, 4.69) is 5.16 Å². The summed E-state index contributed by atoms with van der Waals surface area (Å²) in [6.07, 6.45) is 1.44. The largest absolute Gasteiger partial charge is 0.458 e. The normalized spacial score (nSPS) is 19.9. The van der Waals surface area contributed by atoms with Crippen molar-refractivity contribution < 1.29 is 19.8 Å². The SMILES string of the molecule is CC[C@@]1(O)C(=O)OCc2c1cc1n(c2=O)Cc2cc3cc(C=NO)ccc3nc2-1. The van der Waals surface area contributed by atoms with Crippen LogP contribution in [0.25, 0.3) is 22.3 Å². The first-order valence-corrected chi connectivity index (χ1v) is 9.24. The molecule has 4 heterocycles. The predicted octanol–water partition coefficient (Wildman–Crippen LogP) is 1.89. The molecule has 0 spiro atoms. The second-order valence-corrected chi connectivity index (χ2v) is 7.30. The van der Waals surface area contributed by atoms with Gasteiger partial charge in [0.15, 0.2) is 5.60 Å². The fourth-order valence-electron chi connectivity index (χ4n) is 4.15. The van der Waals surface area contributed by atoms with E-state index in [1.165, 1.54) is 6.21 Å². The van der Waals surface area contributed by atoms with Gasteiger partial charge < -0.3 is 19.6 Å². The van der Waals surface area contributed by atoms with E-state index in [0.717, 1.165) is 22.0 Å². The van der Waals surface area contributed by atoms with Crippen molar-refractivity contribution in [2.45, 2.75) is 32.1 Å². The van der Waals surface area contributed by atoms with E-state index in [4.69, 9.17) is 14.9 Å². The molecular formula is C21H17N3O5. The van der Waals surface area contributed by atoms with Gasteiger partial charge in [0.1, 0.15) is 6.61 Å². The number of ether oxygens (including phenoxy) is 1. The number of aliphatic hydroxyl groups is 1. The quantitative estimate of drug-likeness (QED) is 0.233. The Balaban J connectivity index is 1.74. The fourth-order valence-corrected chi connectivity index (χ4v) is 4.15. The summed E-state index contributed by atoms with van der Waals surface area (Å²) in [5.41, 5.74) is 2.03. The molecule has 0 saturated carbocycles. The Bertz CT molecular complexity index is 1290. The van der Waals surface area contributed by atoms with E-state index < -0.39 is 11.6 Å². The minimum atomic E-state index is -1.83. The summed E-state index contributed by atoms with van der Waals surface area (Å²) in [6.45, 7) is 1.87. The highest BCUT2D eigenvalue weighted by Gasteiger charge is 2.45. The molecule has 29 heavy (non-hydrogen) atoms. The zero-order valence-corrected chi connectivity index (χ0v) is 15.5. The summed E-state index contributed by atoms with van der Waals surface area (Å²) in [7, 11) is 0. The Morgan fingerprint density at radius 3 is 2.90 bits per heavy atom. The molecular weight excluding hydrogens is 374 g/mol.